The Hall–Kier alpha value is -1.87. The summed E-state index contributed by atoms with van der Waals surface area (Å²) < 4.78 is 37.7. The van der Waals surface area contributed by atoms with E-state index in [0.29, 0.717) is 6.07 Å². The molecule has 6 nitrogen and oxygen atoms in total. The molecule has 0 aromatic carbocycles. The van der Waals surface area contributed by atoms with Crippen LogP contribution in [0.25, 0.3) is 0 Å². The largest absolute Gasteiger partial charge is 0.478 e. The number of halogens is 3. The van der Waals surface area contributed by atoms with Crippen molar-refractivity contribution < 1.29 is 33.3 Å². The van der Waals surface area contributed by atoms with E-state index in [1.807, 2.05) is 0 Å². The van der Waals surface area contributed by atoms with Gasteiger partial charge in [0.15, 0.2) is 0 Å². The van der Waals surface area contributed by atoms with E-state index in [-0.39, 0.29) is 0 Å². The lowest BCUT2D eigenvalue weighted by Gasteiger charge is -2.27. The number of carboxylic acids is 1. The molecule has 0 saturated carbocycles. The topological polar surface area (TPSA) is 103 Å². The molecule has 0 bridgehead atoms. The van der Waals surface area contributed by atoms with Crippen LogP contribution in [0.5, 0.6) is 0 Å². The van der Waals surface area contributed by atoms with Crippen LogP contribution in [-0.4, -0.2) is 45.0 Å². The van der Waals surface area contributed by atoms with E-state index in [4.69, 9.17) is 15.3 Å². The van der Waals surface area contributed by atoms with Crippen LogP contribution >= 0.6 is 0 Å². The molecule has 0 saturated heterocycles. The summed E-state index contributed by atoms with van der Waals surface area (Å²) in [6.07, 6.45) is -4.73. The maximum atomic E-state index is 12.6. The number of aromatic carboxylic acids is 1. The van der Waals surface area contributed by atoms with Gasteiger partial charge in [-0.3, -0.25) is 0 Å². The third-order valence-electron chi connectivity index (χ3n) is 2.53. The van der Waals surface area contributed by atoms with Crippen LogP contribution in [-0.2, 0) is 6.18 Å². The minimum atomic E-state index is -4.73. The first-order chi connectivity index (χ1) is 9.13. The second-order valence-electron chi connectivity index (χ2n) is 4.40. The van der Waals surface area contributed by atoms with Gasteiger partial charge in [-0.1, -0.05) is 0 Å². The molecular formula is C11H13F3N2O4. The van der Waals surface area contributed by atoms with Crippen molar-refractivity contribution >= 4 is 11.8 Å². The second-order valence-corrected chi connectivity index (χ2v) is 4.40. The molecule has 0 aliphatic heterocycles. The van der Waals surface area contributed by atoms with Crippen LogP contribution in [0.4, 0.5) is 19.0 Å². The van der Waals surface area contributed by atoms with Gasteiger partial charge in [0, 0.05) is 0 Å². The zero-order valence-corrected chi connectivity index (χ0v) is 10.4. The van der Waals surface area contributed by atoms with Crippen molar-refractivity contribution in [2.45, 2.75) is 18.6 Å². The number of alkyl halides is 3. The van der Waals surface area contributed by atoms with E-state index in [1.54, 1.807) is 0 Å². The highest BCUT2D eigenvalue weighted by Gasteiger charge is 2.34. The number of carbonyl (C=O) groups is 1. The van der Waals surface area contributed by atoms with Gasteiger partial charge in [-0.25, -0.2) is 9.78 Å². The minimum Gasteiger partial charge on any atom is -0.478 e. The van der Waals surface area contributed by atoms with E-state index in [2.05, 4.69) is 10.3 Å². The lowest BCUT2D eigenvalue weighted by Crippen LogP contribution is -2.43. The third-order valence-corrected chi connectivity index (χ3v) is 2.53. The number of nitrogens with one attached hydrogen (secondary N) is 1. The molecule has 0 amide bonds. The fraction of sp³-hybridized carbons (Fsp3) is 0.455. The molecule has 0 aliphatic carbocycles. The summed E-state index contributed by atoms with van der Waals surface area (Å²) in [5.74, 6) is -2.05. The Balaban J connectivity index is 3.29. The lowest BCUT2D eigenvalue weighted by molar-refractivity contribution is -0.141. The Morgan fingerprint density at radius 2 is 1.85 bits per heavy atom. The highest BCUT2D eigenvalue weighted by atomic mass is 19.4. The molecule has 20 heavy (non-hydrogen) atoms. The molecule has 0 radical (unpaired) electrons. The number of aliphatic hydroxyl groups excluding tert-OH is 2. The average molecular weight is 294 g/mol. The number of anilines is 1. The summed E-state index contributed by atoms with van der Waals surface area (Å²) in [6.45, 7) is 0.0571. The normalized spacial score (nSPS) is 12.3. The van der Waals surface area contributed by atoms with Gasteiger partial charge in [0.2, 0.25) is 0 Å². The van der Waals surface area contributed by atoms with Crippen LogP contribution in [0.3, 0.4) is 0 Å². The van der Waals surface area contributed by atoms with Crippen molar-refractivity contribution in [1.29, 1.82) is 0 Å². The third kappa shape index (κ3) is 3.58. The Morgan fingerprint density at radius 1 is 1.30 bits per heavy atom. The maximum absolute atomic E-state index is 12.6. The number of hydrogen-bond donors (Lipinski definition) is 4. The number of pyridine rings is 1. The van der Waals surface area contributed by atoms with Gasteiger partial charge in [-0.2, -0.15) is 13.2 Å². The van der Waals surface area contributed by atoms with Crippen molar-refractivity contribution in [3.8, 4) is 0 Å². The van der Waals surface area contributed by atoms with Crippen LogP contribution in [0.2, 0.25) is 0 Å². The van der Waals surface area contributed by atoms with Gasteiger partial charge in [0.1, 0.15) is 17.1 Å². The van der Waals surface area contributed by atoms with E-state index in [1.165, 1.54) is 6.92 Å². The van der Waals surface area contributed by atoms with Crippen LogP contribution in [0.15, 0.2) is 12.1 Å². The highest BCUT2D eigenvalue weighted by molar-refractivity contribution is 5.93. The first-order valence-electron chi connectivity index (χ1n) is 5.44. The van der Waals surface area contributed by atoms with Crippen molar-refractivity contribution in [3.05, 3.63) is 23.4 Å². The van der Waals surface area contributed by atoms with Crippen LogP contribution < -0.4 is 5.32 Å². The van der Waals surface area contributed by atoms with Gasteiger partial charge >= 0.3 is 12.1 Å². The predicted molar refractivity (Wildman–Crippen MR) is 62.4 cm³/mol. The van der Waals surface area contributed by atoms with Crippen molar-refractivity contribution in [1.82, 2.24) is 4.98 Å². The Morgan fingerprint density at radius 3 is 2.25 bits per heavy atom. The Labute approximate surface area is 111 Å². The number of aromatic nitrogens is 1. The van der Waals surface area contributed by atoms with E-state index in [0.717, 1.165) is 6.07 Å². The fourth-order valence-corrected chi connectivity index (χ4v) is 1.30. The summed E-state index contributed by atoms with van der Waals surface area (Å²) in [7, 11) is 0. The monoisotopic (exact) mass is 294 g/mol. The van der Waals surface area contributed by atoms with E-state index >= 15 is 0 Å². The molecule has 1 aromatic heterocycles. The van der Waals surface area contributed by atoms with Crippen LogP contribution in [0, 0.1) is 0 Å². The molecule has 0 atom stereocenters. The van der Waals surface area contributed by atoms with E-state index < -0.39 is 48.0 Å². The summed E-state index contributed by atoms with van der Waals surface area (Å²) in [6, 6.07) is 1.31. The first kappa shape index (κ1) is 16.2. The molecular weight excluding hydrogens is 281 g/mol. The van der Waals surface area contributed by atoms with Gasteiger partial charge < -0.3 is 20.6 Å². The first-order valence-corrected chi connectivity index (χ1v) is 5.44. The summed E-state index contributed by atoms with van der Waals surface area (Å²) in [5.41, 5.74) is -3.17. The molecule has 1 aromatic rings. The zero-order valence-electron chi connectivity index (χ0n) is 10.4. The molecule has 0 unspecified atom stereocenters. The van der Waals surface area contributed by atoms with Gasteiger partial charge in [-0.05, 0) is 19.1 Å². The van der Waals surface area contributed by atoms with Crippen molar-refractivity contribution in [2.75, 3.05) is 18.5 Å². The quantitative estimate of drug-likeness (QED) is 0.645. The standard InChI is InChI=1S/C11H13F3N2O4/c1-10(4-17,5-18)16-8-6(9(19)20)2-3-7(15-8)11(12,13)14/h2-3,17-18H,4-5H2,1H3,(H,15,16)(H,19,20). The van der Waals surface area contributed by atoms with Gasteiger partial charge in [0.05, 0.1) is 18.8 Å². The molecule has 9 heteroatoms. The number of rotatable bonds is 5. The molecule has 1 rings (SSSR count). The molecule has 112 valence electrons. The predicted octanol–water partition coefficient (Wildman–Crippen LogP) is 0.954. The number of aliphatic hydroxyl groups is 2. The highest BCUT2D eigenvalue weighted by Crippen LogP contribution is 2.30. The summed E-state index contributed by atoms with van der Waals surface area (Å²) >= 11 is 0. The maximum Gasteiger partial charge on any atom is 0.433 e. The molecule has 0 spiro atoms. The molecule has 0 aliphatic rings. The lowest BCUT2D eigenvalue weighted by atomic mass is 10.0. The summed E-state index contributed by atoms with van der Waals surface area (Å²) in [4.78, 5) is 14.2. The van der Waals surface area contributed by atoms with Crippen molar-refractivity contribution in [2.24, 2.45) is 0 Å². The fourth-order valence-electron chi connectivity index (χ4n) is 1.30. The average Bonchev–Trinajstić information content (AvgIpc) is 2.37. The van der Waals surface area contributed by atoms with Gasteiger partial charge in [0.25, 0.3) is 0 Å². The molecule has 4 N–H and O–H groups in total. The Bertz CT molecular complexity index is 501. The molecule has 1 heterocycles. The van der Waals surface area contributed by atoms with Crippen LogP contribution in [0.1, 0.15) is 23.0 Å². The van der Waals surface area contributed by atoms with E-state index in [9.17, 15) is 18.0 Å². The number of carboxylic acid groups (broad SMARTS) is 1. The van der Waals surface area contributed by atoms with Crippen molar-refractivity contribution in [3.63, 3.8) is 0 Å². The number of nitrogens with zero attached hydrogens (tertiary/aromatic N) is 1. The minimum absolute atomic E-state index is 0.494. The number of hydrogen-bond acceptors (Lipinski definition) is 5. The zero-order chi connectivity index (χ0) is 15.6. The SMILES string of the molecule is CC(CO)(CO)Nc1nc(C(F)(F)F)ccc1C(=O)O. The Kier molecular flexibility index (Phi) is 4.56. The molecule has 0 fully saturated rings. The smallest absolute Gasteiger partial charge is 0.433 e. The van der Waals surface area contributed by atoms with Gasteiger partial charge in [-0.15, -0.1) is 0 Å². The second kappa shape index (κ2) is 5.63. The summed E-state index contributed by atoms with van der Waals surface area (Å²) in [5, 5.41) is 29.4.